The highest BCUT2D eigenvalue weighted by atomic mass is 19.2. The number of hydrogen-bond donors (Lipinski definition) is 1. The van der Waals surface area contributed by atoms with Crippen LogP contribution in [0, 0.1) is 11.6 Å². The van der Waals surface area contributed by atoms with Gasteiger partial charge in [0.1, 0.15) is 0 Å². The molecular weight excluding hydrogens is 268 g/mol. The van der Waals surface area contributed by atoms with Crippen molar-refractivity contribution in [3.05, 3.63) is 47.3 Å². The third-order valence-electron chi connectivity index (χ3n) is 2.72. The number of carbonyl (C=O) groups excluding carboxylic acids is 1. The smallest absolute Gasteiger partial charge is 0.340 e. The number of aromatic nitrogens is 2. The third kappa shape index (κ3) is 2.76. The maximum atomic E-state index is 13.8. The van der Waals surface area contributed by atoms with E-state index in [1.165, 1.54) is 12.1 Å². The quantitative estimate of drug-likeness (QED) is 0.872. The Morgan fingerprint density at radius 1 is 1.35 bits per heavy atom. The lowest BCUT2D eigenvalue weighted by Gasteiger charge is -2.08. The Hall–Kier alpha value is -2.44. The topological polar surface area (TPSA) is 56.1 Å². The van der Waals surface area contributed by atoms with E-state index in [-0.39, 0.29) is 12.2 Å². The van der Waals surface area contributed by atoms with Crippen LogP contribution < -0.4 is 5.32 Å². The van der Waals surface area contributed by atoms with Crippen LogP contribution in [0.2, 0.25) is 0 Å². The molecule has 0 fully saturated rings. The van der Waals surface area contributed by atoms with Crippen molar-refractivity contribution in [2.75, 3.05) is 12.4 Å². The molecule has 2 rings (SSSR count). The van der Waals surface area contributed by atoms with Gasteiger partial charge in [-0.25, -0.2) is 13.6 Å². The van der Waals surface area contributed by atoms with Gasteiger partial charge in [0.15, 0.2) is 11.6 Å². The fraction of sp³-hybridized carbons (Fsp3) is 0.231. The second kappa shape index (κ2) is 5.68. The molecule has 0 aliphatic rings. The largest absolute Gasteiger partial charge is 0.465 e. The van der Waals surface area contributed by atoms with Gasteiger partial charge >= 0.3 is 5.97 Å². The number of methoxy groups -OCH3 is 1. The molecule has 106 valence electrons. The summed E-state index contributed by atoms with van der Waals surface area (Å²) in [4.78, 5) is 11.2. The van der Waals surface area contributed by atoms with Crippen molar-refractivity contribution in [2.24, 2.45) is 7.05 Å². The normalized spacial score (nSPS) is 10.4. The first-order valence-electron chi connectivity index (χ1n) is 5.81. The molecule has 0 bridgehead atoms. The van der Waals surface area contributed by atoms with E-state index in [4.69, 9.17) is 0 Å². The average molecular weight is 281 g/mol. The fourth-order valence-corrected chi connectivity index (χ4v) is 1.70. The van der Waals surface area contributed by atoms with Crippen LogP contribution in [0.25, 0.3) is 0 Å². The number of nitrogens with one attached hydrogen (secondary N) is 1. The van der Waals surface area contributed by atoms with Crippen LogP contribution in [0.5, 0.6) is 0 Å². The van der Waals surface area contributed by atoms with E-state index in [0.717, 1.165) is 7.11 Å². The second-order valence-corrected chi connectivity index (χ2v) is 4.11. The Bertz CT molecular complexity index is 641. The maximum Gasteiger partial charge on any atom is 0.340 e. The highest BCUT2D eigenvalue weighted by Gasteiger charge is 2.18. The summed E-state index contributed by atoms with van der Waals surface area (Å²) in [5.74, 6) is -3.27. The maximum absolute atomic E-state index is 13.8. The summed E-state index contributed by atoms with van der Waals surface area (Å²) in [6.45, 7) is 0.245. The summed E-state index contributed by atoms with van der Waals surface area (Å²) in [5, 5.41) is 6.83. The highest BCUT2D eigenvalue weighted by Crippen LogP contribution is 2.21. The Morgan fingerprint density at radius 2 is 2.10 bits per heavy atom. The SMILES string of the molecule is COC(=O)c1ccc(NCc2ccn(C)n2)c(F)c1F. The lowest BCUT2D eigenvalue weighted by atomic mass is 10.2. The van der Waals surface area contributed by atoms with Crippen LogP contribution in [0.4, 0.5) is 14.5 Å². The minimum atomic E-state index is -1.23. The highest BCUT2D eigenvalue weighted by molar-refractivity contribution is 5.90. The van der Waals surface area contributed by atoms with Crippen molar-refractivity contribution in [1.29, 1.82) is 0 Å². The van der Waals surface area contributed by atoms with Gasteiger partial charge in [0.05, 0.1) is 30.6 Å². The minimum absolute atomic E-state index is 0.0409. The predicted molar refractivity (Wildman–Crippen MR) is 68.2 cm³/mol. The predicted octanol–water partition coefficient (Wildman–Crippen LogP) is 2.10. The molecule has 0 unspecified atom stereocenters. The van der Waals surface area contributed by atoms with E-state index in [1.807, 2.05) is 0 Å². The van der Waals surface area contributed by atoms with Gasteiger partial charge in [-0.2, -0.15) is 5.10 Å². The second-order valence-electron chi connectivity index (χ2n) is 4.11. The van der Waals surface area contributed by atoms with Gasteiger partial charge in [-0.15, -0.1) is 0 Å². The summed E-state index contributed by atoms with van der Waals surface area (Å²) in [7, 11) is 2.86. The number of nitrogens with zero attached hydrogens (tertiary/aromatic N) is 2. The summed E-state index contributed by atoms with van der Waals surface area (Å²) >= 11 is 0. The molecule has 20 heavy (non-hydrogen) atoms. The zero-order chi connectivity index (χ0) is 14.7. The van der Waals surface area contributed by atoms with Gasteiger partial charge < -0.3 is 10.1 Å². The number of rotatable bonds is 4. The number of esters is 1. The Morgan fingerprint density at radius 3 is 2.70 bits per heavy atom. The summed E-state index contributed by atoms with van der Waals surface area (Å²) in [6.07, 6.45) is 1.74. The van der Waals surface area contributed by atoms with E-state index in [1.54, 1.807) is 24.0 Å². The van der Waals surface area contributed by atoms with Gasteiger partial charge in [0.2, 0.25) is 0 Å². The van der Waals surface area contributed by atoms with Gasteiger partial charge in [-0.3, -0.25) is 4.68 Å². The first kappa shape index (κ1) is 14.0. The third-order valence-corrected chi connectivity index (χ3v) is 2.72. The van der Waals surface area contributed by atoms with Gasteiger partial charge in [0.25, 0.3) is 0 Å². The van der Waals surface area contributed by atoms with Gasteiger partial charge in [0, 0.05) is 13.2 Å². The first-order chi connectivity index (χ1) is 9.52. The molecule has 7 heteroatoms. The molecule has 0 amide bonds. The van der Waals surface area contributed by atoms with Crippen LogP contribution in [-0.4, -0.2) is 22.9 Å². The average Bonchev–Trinajstić information content (AvgIpc) is 2.85. The van der Waals surface area contributed by atoms with Crippen LogP contribution in [0.15, 0.2) is 24.4 Å². The zero-order valence-electron chi connectivity index (χ0n) is 11.0. The molecule has 0 saturated carbocycles. The van der Waals surface area contributed by atoms with Gasteiger partial charge in [-0.1, -0.05) is 0 Å². The number of halogens is 2. The number of anilines is 1. The van der Waals surface area contributed by atoms with Crippen molar-refractivity contribution >= 4 is 11.7 Å². The Balaban J connectivity index is 2.17. The van der Waals surface area contributed by atoms with Crippen molar-refractivity contribution in [1.82, 2.24) is 9.78 Å². The minimum Gasteiger partial charge on any atom is -0.465 e. The fourth-order valence-electron chi connectivity index (χ4n) is 1.70. The number of ether oxygens (including phenoxy) is 1. The van der Waals surface area contributed by atoms with Crippen molar-refractivity contribution in [2.45, 2.75) is 6.54 Å². The van der Waals surface area contributed by atoms with E-state index in [0.29, 0.717) is 5.69 Å². The number of hydrogen-bond acceptors (Lipinski definition) is 4. The molecule has 1 aromatic carbocycles. The molecule has 1 N–H and O–H groups in total. The van der Waals surface area contributed by atoms with Crippen LogP contribution in [-0.2, 0) is 18.3 Å². The lowest BCUT2D eigenvalue weighted by molar-refractivity contribution is 0.0594. The molecule has 0 aliphatic heterocycles. The first-order valence-corrected chi connectivity index (χ1v) is 5.81. The zero-order valence-corrected chi connectivity index (χ0v) is 11.0. The molecule has 0 saturated heterocycles. The number of carbonyl (C=O) groups is 1. The van der Waals surface area contributed by atoms with E-state index in [2.05, 4.69) is 15.2 Å². The molecule has 0 aliphatic carbocycles. The molecule has 5 nitrogen and oxygen atoms in total. The van der Waals surface area contributed by atoms with Gasteiger partial charge in [-0.05, 0) is 18.2 Å². The molecule has 0 radical (unpaired) electrons. The van der Waals surface area contributed by atoms with Crippen LogP contribution >= 0.6 is 0 Å². The van der Waals surface area contributed by atoms with E-state index in [9.17, 15) is 13.6 Å². The van der Waals surface area contributed by atoms with Crippen LogP contribution in [0.3, 0.4) is 0 Å². The summed E-state index contributed by atoms with van der Waals surface area (Å²) in [6, 6.07) is 4.21. The summed E-state index contributed by atoms with van der Waals surface area (Å²) < 4.78 is 33.5. The number of benzene rings is 1. The van der Waals surface area contributed by atoms with Crippen molar-refractivity contribution < 1.29 is 18.3 Å². The summed E-state index contributed by atoms with van der Waals surface area (Å²) in [5.41, 5.74) is 0.207. The number of aryl methyl sites for hydroxylation is 1. The lowest BCUT2D eigenvalue weighted by Crippen LogP contribution is -2.09. The van der Waals surface area contributed by atoms with Crippen molar-refractivity contribution in [3.63, 3.8) is 0 Å². The molecule has 0 atom stereocenters. The standard InChI is InChI=1S/C13H13F2N3O2/c1-18-6-5-8(17-18)7-16-10-4-3-9(13(19)20-2)11(14)12(10)15/h3-6,16H,7H2,1-2H3. The molecule has 0 spiro atoms. The molecule has 1 heterocycles. The van der Waals surface area contributed by atoms with Crippen LogP contribution in [0.1, 0.15) is 16.1 Å². The monoisotopic (exact) mass is 281 g/mol. The Kier molecular flexibility index (Phi) is 3.97. The van der Waals surface area contributed by atoms with Crippen molar-refractivity contribution in [3.8, 4) is 0 Å². The van der Waals surface area contributed by atoms with E-state index >= 15 is 0 Å². The molecular formula is C13H13F2N3O2. The molecule has 1 aromatic heterocycles. The Labute approximate surface area is 114 Å². The van der Waals surface area contributed by atoms with E-state index < -0.39 is 23.2 Å². The molecule has 2 aromatic rings.